The van der Waals surface area contributed by atoms with Gasteiger partial charge in [0.25, 0.3) is 0 Å². The molecule has 0 aliphatic carbocycles. The molecule has 1 heterocycles. The van der Waals surface area contributed by atoms with Crippen LogP contribution in [0.3, 0.4) is 0 Å². The molecule has 0 N–H and O–H groups in total. The van der Waals surface area contributed by atoms with Gasteiger partial charge in [-0.25, -0.2) is 0 Å². The van der Waals surface area contributed by atoms with Gasteiger partial charge in [0.2, 0.25) is 0 Å². The van der Waals surface area contributed by atoms with Crippen molar-refractivity contribution in [2.24, 2.45) is 5.92 Å². The molecule has 0 saturated carbocycles. The first-order valence-corrected chi connectivity index (χ1v) is 6.78. The van der Waals surface area contributed by atoms with Gasteiger partial charge in [-0.15, -0.1) is 0 Å². The standard InChI is InChI=1S/C8H17N.C4H10.C2H6/c1-8(2)9-6-4-3-5-7-9;1-4(2)3;1-2/h8H,3-7H2,1-2H3;4H,1-3H3;1-2H3. The molecule has 0 aromatic carbocycles. The smallest absolute Gasteiger partial charge is 0.00385 e. The summed E-state index contributed by atoms with van der Waals surface area (Å²) in [5.74, 6) is 0.833. The molecule has 1 saturated heterocycles. The molecule has 1 heteroatoms. The molecule has 94 valence electrons. The predicted octanol–water partition coefficient (Wildman–Crippen LogP) is 4.57. The topological polar surface area (TPSA) is 3.24 Å². The number of likely N-dealkylation sites (tertiary alicyclic amines) is 1. The van der Waals surface area contributed by atoms with Crippen LogP contribution in [0.2, 0.25) is 0 Å². The number of hydrogen-bond acceptors (Lipinski definition) is 1. The van der Waals surface area contributed by atoms with Gasteiger partial charge in [-0.2, -0.15) is 0 Å². The summed E-state index contributed by atoms with van der Waals surface area (Å²) >= 11 is 0. The zero-order valence-corrected chi connectivity index (χ0v) is 12.1. The van der Waals surface area contributed by atoms with Crippen molar-refractivity contribution in [2.75, 3.05) is 13.1 Å². The number of hydrogen-bond donors (Lipinski definition) is 0. The van der Waals surface area contributed by atoms with E-state index in [1.807, 2.05) is 13.8 Å². The summed E-state index contributed by atoms with van der Waals surface area (Å²) < 4.78 is 0. The van der Waals surface area contributed by atoms with Crippen LogP contribution in [-0.4, -0.2) is 24.0 Å². The van der Waals surface area contributed by atoms with Crippen molar-refractivity contribution >= 4 is 0 Å². The van der Waals surface area contributed by atoms with Crippen molar-refractivity contribution in [1.82, 2.24) is 4.90 Å². The monoisotopic (exact) mass is 215 g/mol. The lowest BCUT2D eigenvalue weighted by molar-refractivity contribution is 0.185. The molecule has 1 aliphatic rings. The number of piperidine rings is 1. The lowest BCUT2D eigenvalue weighted by atomic mass is 10.1. The average Bonchev–Trinajstić information content (AvgIpc) is 2.21. The maximum atomic E-state index is 2.56. The third-order valence-electron chi connectivity index (χ3n) is 2.12. The first-order chi connectivity index (χ1) is 7.04. The Morgan fingerprint density at radius 3 is 1.27 bits per heavy atom. The van der Waals surface area contributed by atoms with Gasteiger partial charge in [0.05, 0.1) is 0 Å². The highest BCUT2D eigenvalue weighted by Gasteiger charge is 2.11. The maximum Gasteiger partial charge on any atom is 0.00385 e. The van der Waals surface area contributed by atoms with Crippen molar-refractivity contribution in [2.45, 2.75) is 73.8 Å². The number of nitrogens with zero attached hydrogens (tertiary/aromatic N) is 1. The van der Waals surface area contributed by atoms with Crippen molar-refractivity contribution in [3.05, 3.63) is 0 Å². The summed E-state index contributed by atoms with van der Waals surface area (Å²) in [6.07, 6.45) is 4.28. The second-order valence-corrected chi connectivity index (χ2v) is 4.92. The summed E-state index contributed by atoms with van der Waals surface area (Å²) in [6, 6.07) is 0.769. The Hall–Kier alpha value is -0.0400. The fourth-order valence-corrected chi connectivity index (χ4v) is 1.43. The fraction of sp³-hybridized carbons (Fsp3) is 1.00. The van der Waals surface area contributed by atoms with E-state index in [0.29, 0.717) is 0 Å². The van der Waals surface area contributed by atoms with Crippen molar-refractivity contribution in [3.8, 4) is 0 Å². The highest BCUT2D eigenvalue weighted by molar-refractivity contribution is 4.67. The average molecular weight is 215 g/mol. The van der Waals surface area contributed by atoms with E-state index in [2.05, 4.69) is 39.5 Å². The minimum atomic E-state index is 0.769. The molecule has 0 amide bonds. The normalized spacial score (nSPS) is 16.6. The van der Waals surface area contributed by atoms with Gasteiger partial charge in [-0.05, 0) is 45.7 Å². The van der Waals surface area contributed by atoms with E-state index in [4.69, 9.17) is 0 Å². The van der Waals surface area contributed by atoms with E-state index in [1.165, 1.54) is 32.4 Å². The molecule has 1 nitrogen and oxygen atoms in total. The van der Waals surface area contributed by atoms with Crippen molar-refractivity contribution in [3.63, 3.8) is 0 Å². The van der Waals surface area contributed by atoms with Crippen LogP contribution in [0.5, 0.6) is 0 Å². The summed E-state index contributed by atoms with van der Waals surface area (Å²) in [5.41, 5.74) is 0. The Morgan fingerprint density at radius 1 is 0.733 bits per heavy atom. The first kappa shape index (κ1) is 17.4. The van der Waals surface area contributed by atoms with E-state index >= 15 is 0 Å². The zero-order valence-electron chi connectivity index (χ0n) is 12.1. The van der Waals surface area contributed by atoms with Gasteiger partial charge >= 0.3 is 0 Å². The third kappa shape index (κ3) is 14.0. The molecule has 0 spiro atoms. The lowest BCUT2D eigenvalue weighted by Gasteiger charge is -2.29. The fourth-order valence-electron chi connectivity index (χ4n) is 1.43. The van der Waals surface area contributed by atoms with E-state index in [9.17, 15) is 0 Å². The van der Waals surface area contributed by atoms with Crippen LogP contribution in [0.1, 0.15) is 67.7 Å². The van der Waals surface area contributed by atoms with E-state index < -0.39 is 0 Å². The Morgan fingerprint density at radius 2 is 1.07 bits per heavy atom. The van der Waals surface area contributed by atoms with Crippen LogP contribution in [0.15, 0.2) is 0 Å². The largest absolute Gasteiger partial charge is 0.301 e. The third-order valence-corrected chi connectivity index (χ3v) is 2.12. The summed E-state index contributed by atoms with van der Waals surface area (Å²) in [6.45, 7) is 17.7. The predicted molar refractivity (Wildman–Crippen MR) is 72.4 cm³/mol. The molecular formula is C14H33N. The minimum absolute atomic E-state index is 0.769. The molecule has 0 bridgehead atoms. The molecule has 0 aromatic heterocycles. The Bertz CT molecular complexity index is 99.2. The quantitative estimate of drug-likeness (QED) is 0.619. The highest BCUT2D eigenvalue weighted by atomic mass is 15.1. The number of rotatable bonds is 1. The van der Waals surface area contributed by atoms with Crippen LogP contribution in [0, 0.1) is 5.92 Å². The van der Waals surface area contributed by atoms with Gasteiger partial charge in [0.15, 0.2) is 0 Å². The SMILES string of the molecule is CC.CC(C)C.CC(C)N1CCCCC1. The van der Waals surface area contributed by atoms with Crippen LogP contribution < -0.4 is 0 Å². The summed E-state index contributed by atoms with van der Waals surface area (Å²) in [4.78, 5) is 2.56. The Kier molecular flexibility index (Phi) is 13.9. The second kappa shape index (κ2) is 12.0. The first-order valence-electron chi connectivity index (χ1n) is 6.78. The molecule has 0 radical (unpaired) electrons. The van der Waals surface area contributed by atoms with Gasteiger partial charge in [0, 0.05) is 6.04 Å². The minimum Gasteiger partial charge on any atom is -0.301 e. The molecule has 0 aromatic rings. The Balaban J connectivity index is 0. The highest BCUT2D eigenvalue weighted by Crippen LogP contribution is 2.10. The molecule has 1 rings (SSSR count). The van der Waals surface area contributed by atoms with Crippen LogP contribution >= 0.6 is 0 Å². The Labute approximate surface area is 98.2 Å². The lowest BCUT2D eigenvalue weighted by Crippen LogP contribution is -2.35. The van der Waals surface area contributed by atoms with E-state index in [1.54, 1.807) is 0 Å². The molecule has 0 atom stereocenters. The van der Waals surface area contributed by atoms with Gasteiger partial charge in [0.1, 0.15) is 0 Å². The zero-order chi connectivity index (χ0) is 12.3. The molecule has 1 fully saturated rings. The second-order valence-electron chi connectivity index (χ2n) is 4.92. The maximum absolute atomic E-state index is 2.56. The van der Waals surface area contributed by atoms with E-state index in [-0.39, 0.29) is 0 Å². The van der Waals surface area contributed by atoms with Crippen LogP contribution in [0.4, 0.5) is 0 Å². The van der Waals surface area contributed by atoms with Crippen molar-refractivity contribution in [1.29, 1.82) is 0 Å². The van der Waals surface area contributed by atoms with Crippen LogP contribution in [0.25, 0.3) is 0 Å². The molecule has 1 aliphatic heterocycles. The summed E-state index contributed by atoms with van der Waals surface area (Å²) in [5, 5.41) is 0. The van der Waals surface area contributed by atoms with E-state index in [0.717, 1.165) is 12.0 Å². The molecular weight excluding hydrogens is 182 g/mol. The van der Waals surface area contributed by atoms with Gasteiger partial charge in [-0.3, -0.25) is 0 Å². The van der Waals surface area contributed by atoms with Gasteiger partial charge in [-0.1, -0.05) is 41.0 Å². The molecule has 15 heavy (non-hydrogen) atoms. The van der Waals surface area contributed by atoms with Crippen LogP contribution in [-0.2, 0) is 0 Å². The van der Waals surface area contributed by atoms with Crippen molar-refractivity contribution < 1.29 is 0 Å². The van der Waals surface area contributed by atoms with Gasteiger partial charge < -0.3 is 4.90 Å². The summed E-state index contributed by atoms with van der Waals surface area (Å²) in [7, 11) is 0. The molecule has 0 unspecified atom stereocenters.